The SMILES string of the molecule is O/N=C(\Nc1cccc(C(F)(F)F)c1)c1nonc1Cn1cnnc1. The number of aromatic nitrogens is 5. The Morgan fingerprint density at radius 3 is 2.68 bits per heavy atom. The van der Waals surface area contributed by atoms with Crippen LogP contribution in [0.3, 0.4) is 0 Å². The summed E-state index contributed by atoms with van der Waals surface area (Å²) in [7, 11) is 0. The van der Waals surface area contributed by atoms with E-state index in [9.17, 15) is 18.4 Å². The fourth-order valence-corrected chi connectivity index (χ4v) is 2.01. The van der Waals surface area contributed by atoms with Gasteiger partial charge in [-0.05, 0) is 23.4 Å². The van der Waals surface area contributed by atoms with E-state index in [1.807, 2.05) is 0 Å². The molecule has 0 saturated carbocycles. The molecular weight excluding hydrogens is 343 g/mol. The van der Waals surface area contributed by atoms with E-state index < -0.39 is 11.7 Å². The molecule has 2 aromatic heterocycles. The first-order valence-electron chi connectivity index (χ1n) is 6.78. The zero-order valence-corrected chi connectivity index (χ0v) is 12.3. The van der Waals surface area contributed by atoms with Gasteiger partial charge < -0.3 is 15.1 Å². The van der Waals surface area contributed by atoms with Crippen LogP contribution in [0.15, 0.2) is 46.7 Å². The minimum absolute atomic E-state index is 0.0358. The number of anilines is 1. The molecule has 0 aliphatic rings. The van der Waals surface area contributed by atoms with E-state index in [-0.39, 0.29) is 29.5 Å². The number of hydrogen-bond donors (Lipinski definition) is 2. The molecule has 12 heteroatoms. The number of nitrogens with zero attached hydrogens (tertiary/aromatic N) is 6. The molecular formula is C13H10F3N7O2. The first-order valence-corrected chi connectivity index (χ1v) is 6.78. The normalized spacial score (nSPS) is 12.4. The largest absolute Gasteiger partial charge is 0.416 e. The summed E-state index contributed by atoms with van der Waals surface area (Å²) in [6.07, 6.45) is -1.65. The highest BCUT2D eigenvalue weighted by molar-refractivity contribution is 6.07. The molecule has 2 heterocycles. The van der Waals surface area contributed by atoms with E-state index in [1.54, 1.807) is 4.57 Å². The van der Waals surface area contributed by atoms with Gasteiger partial charge in [-0.3, -0.25) is 0 Å². The van der Waals surface area contributed by atoms with Crippen LogP contribution in [0.25, 0.3) is 0 Å². The standard InChI is InChI=1S/C13H10F3N7O2/c14-13(15,16)8-2-1-3-9(4-8)19-12(20-24)11-10(21-25-22-11)5-23-6-17-18-7-23/h1-4,6-7,24H,5H2,(H,19,20). The molecule has 0 saturated heterocycles. The highest BCUT2D eigenvalue weighted by Crippen LogP contribution is 2.30. The number of amidine groups is 1. The minimum Gasteiger partial charge on any atom is -0.409 e. The molecule has 0 aliphatic carbocycles. The van der Waals surface area contributed by atoms with Crippen LogP contribution >= 0.6 is 0 Å². The van der Waals surface area contributed by atoms with Crippen LogP contribution in [0.2, 0.25) is 0 Å². The molecule has 0 aliphatic heterocycles. The van der Waals surface area contributed by atoms with Crippen molar-refractivity contribution < 1.29 is 23.0 Å². The summed E-state index contributed by atoms with van der Waals surface area (Å²) >= 11 is 0. The molecule has 0 fully saturated rings. The molecule has 9 nitrogen and oxygen atoms in total. The summed E-state index contributed by atoms with van der Waals surface area (Å²) in [5, 5.41) is 29.4. The molecule has 130 valence electrons. The van der Waals surface area contributed by atoms with Crippen molar-refractivity contribution in [3.63, 3.8) is 0 Å². The van der Waals surface area contributed by atoms with Crippen molar-refractivity contribution >= 4 is 11.5 Å². The molecule has 1 aromatic carbocycles. The van der Waals surface area contributed by atoms with Crippen LogP contribution in [0.5, 0.6) is 0 Å². The van der Waals surface area contributed by atoms with Gasteiger partial charge in [0.2, 0.25) is 5.84 Å². The minimum atomic E-state index is -4.50. The molecule has 3 rings (SSSR count). The van der Waals surface area contributed by atoms with Gasteiger partial charge in [0.05, 0.1) is 12.1 Å². The second-order valence-electron chi connectivity index (χ2n) is 4.85. The number of hydrogen-bond acceptors (Lipinski definition) is 7. The molecule has 0 amide bonds. The Kier molecular flexibility index (Phi) is 4.33. The molecule has 3 aromatic rings. The van der Waals surface area contributed by atoms with Crippen molar-refractivity contribution in [2.75, 3.05) is 5.32 Å². The van der Waals surface area contributed by atoms with Crippen molar-refractivity contribution in [3.05, 3.63) is 53.9 Å². The quantitative estimate of drug-likeness (QED) is 0.319. The molecule has 0 unspecified atom stereocenters. The summed E-state index contributed by atoms with van der Waals surface area (Å²) < 4.78 is 44.5. The third-order valence-electron chi connectivity index (χ3n) is 3.13. The number of oxime groups is 1. The van der Waals surface area contributed by atoms with Crippen molar-refractivity contribution in [2.24, 2.45) is 5.16 Å². The summed E-state index contributed by atoms with van der Waals surface area (Å²) in [5.74, 6) is -0.219. The topological polar surface area (TPSA) is 114 Å². The van der Waals surface area contributed by atoms with Gasteiger partial charge in [-0.25, -0.2) is 4.63 Å². The van der Waals surface area contributed by atoms with E-state index in [0.29, 0.717) is 0 Å². The van der Waals surface area contributed by atoms with Crippen LogP contribution in [0, 0.1) is 0 Å². The van der Waals surface area contributed by atoms with Gasteiger partial charge in [-0.2, -0.15) is 13.2 Å². The first kappa shape index (κ1) is 16.4. The highest BCUT2D eigenvalue weighted by atomic mass is 19.4. The van der Waals surface area contributed by atoms with E-state index in [0.717, 1.165) is 12.1 Å². The number of alkyl halides is 3. The molecule has 0 atom stereocenters. The average Bonchev–Trinajstić information content (AvgIpc) is 3.25. The van der Waals surface area contributed by atoms with Gasteiger partial charge >= 0.3 is 6.18 Å². The maximum Gasteiger partial charge on any atom is 0.416 e. The summed E-state index contributed by atoms with van der Waals surface area (Å²) in [6.45, 7) is 0.162. The fourth-order valence-electron chi connectivity index (χ4n) is 2.01. The van der Waals surface area contributed by atoms with Crippen LogP contribution in [0.4, 0.5) is 18.9 Å². The number of benzene rings is 1. The van der Waals surface area contributed by atoms with E-state index in [4.69, 9.17) is 0 Å². The maximum atomic E-state index is 12.8. The van der Waals surface area contributed by atoms with Crippen LogP contribution < -0.4 is 5.32 Å². The van der Waals surface area contributed by atoms with Crippen molar-refractivity contribution in [3.8, 4) is 0 Å². The lowest BCUT2D eigenvalue weighted by molar-refractivity contribution is -0.137. The number of halogens is 3. The monoisotopic (exact) mass is 353 g/mol. The van der Waals surface area contributed by atoms with Gasteiger partial charge in [0, 0.05) is 5.69 Å². The lowest BCUT2D eigenvalue weighted by Crippen LogP contribution is -2.17. The molecule has 25 heavy (non-hydrogen) atoms. The Labute approximate surface area is 137 Å². The lowest BCUT2D eigenvalue weighted by Gasteiger charge is -2.10. The smallest absolute Gasteiger partial charge is 0.409 e. The van der Waals surface area contributed by atoms with Crippen LogP contribution in [-0.4, -0.2) is 36.1 Å². The van der Waals surface area contributed by atoms with Gasteiger partial charge in [-0.15, -0.1) is 10.2 Å². The number of rotatable bonds is 4. The Balaban J connectivity index is 1.84. The zero-order valence-electron chi connectivity index (χ0n) is 12.3. The predicted molar refractivity (Wildman–Crippen MR) is 76.8 cm³/mol. The summed E-state index contributed by atoms with van der Waals surface area (Å²) in [4.78, 5) is 0. The summed E-state index contributed by atoms with van der Waals surface area (Å²) in [6, 6.07) is 4.40. The Bertz CT molecular complexity index is 874. The van der Waals surface area contributed by atoms with Crippen molar-refractivity contribution in [2.45, 2.75) is 12.7 Å². The molecule has 0 bridgehead atoms. The number of nitrogens with one attached hydrogen (secondary N) is 1. The Hall–Kier alpha value is -3.44. The van der Waals surface area contributed by atoms with Crippen LogP contribution in [0.1, 0.15) is 17.0 Å². The Morgan fingerprint density at radius 2 is 2.00 bits per heavy atom. The van der Waals surface area contributed by atoms with Gasteiger partial charge in [0.15, 0.2) is 5.69 Å². The Morgan fingerprint density at radius 1 is 1.24 bits per heavy atom. The third kappa shape index (κ3) is 3.73. The first-order chi connectivity index (χ1) is 12.0. The average molecular weight is 353 g/mol. The fraction of sp³-hybridized carbons (Fsp3) is 0.154. The molecule has 0 radical (unpaired) electrons. The second-order valence-corrected chi connectivity index (χ2v) is 4.85. The lowest BCUT2D eigenvalue weighted by atomic mass is 10.2. The zero-order chi connectivity index (χ0) is 17.9. The molecule has 2 N–H and O–H groups in total. The molecule has 0 spiro atoms. The van der Waals surface area contributed by atoms with E-state index in [1.165, 1.54) is 24.8 Å². The van der Waals surface area contributed by atoms with Crippen molar-refractivity contribution in [1.29, 1.82) is 0 Å². The van der Waals surface area contributed by atoms with Crippen molar-refractivity contribution in [1.82, 2.24) is 25.1 Å². The third-order valence-corrected chi connectivity index (χ3v) is 3.13. The van der Waals surface area contributed by atoms with Gasteiger partial charge in [-0.1, -0.05) is 16.4 Å². The van der Waals surface area contributed by atoms with Gasteiger partial charge in [0.1, 0.15) is 18.3 Å². The van der Waals surface area contributed by atoms with Crippen LogP contribution in [-0.2, 0) is 12.7 Å². The van der Waals surface area contributed by atoms with Gasteiger partial charge in [0.25, 0.3) is 0 Å². The van der Waals surface area contributed by atoms with E-state index >= 15 is 0 Å². The summed E-state index contributed by atoms with van der Waals surface area (Å²) in [5.41, 5.74) is -0.487. The maximum absolute atomic E-state index is 12.8. The second kappa shape index (κ2) is 6.59. The van der Waals surface area contributed by atoms with E-state index in [2.05, 4.69) is 35.6 Å². The predicted octanol–water partition coefficient (Wildman–Crippen LogP) is 1.98. The highest BCUT2D eigenvalue weighted by Gasteiger charge is 2.30.